The molecule has 0 aliphatic heterocycles. The Morgan fingerprint density at radius 2 is 2.24 bits per heavy atom. The number of aryl methyl sites for hydroxylation is 1. The van der Waals surface area contributed by atoms with E-state index in [-0.39, 0.29) is 6.04 Å². The highest BCUT2D eigenvalue weighted by molar-refractivity contribution is 9.10. The van der Waals surface area contributed by atoms with Gasteiger partial charge in [0.2, 0.25) is 0 Å². The monoisotopic (exact) mass is 351 g/mol. The smallest absolute Gasteiger partial charge is 0.146 e. The molecule has 0 aliphatic rings. The third kappa shape index (κ3) is 4.32. The number of hydrogen-bond donors (Lipinski definition) is 1. The molecule has 4 nitrogen and oxygen atoms in total. The van der Waals surface area contributed by atoms with E-state index in [0.29, 0.717) is 6.61 Å². The van der Waals surface area contributed by atoms with E-state index in [1.165, 1.54) is 5.56 Å². The van der Waals surface area contributed by atoms with Crippen molar-refractivity contribution in [3.63, 3.8) is 0 Å². The van der Waals surface area contributed by atoms with Crippen LogP contribution >= 0.6 is 15.9 Å². The van der Waals surface area contributed by atoms with Crippen molar-refractivity contribution in [3.8, 4) is 5.75 Å². The van der Waals surface area contributed by atoms with E-state index in [1.807, 2.05) is 29.9 Å². The van der Waals surface area contributed by atoms with E-state index in [9.17, 15) is 0 Å². The van der Waals surface area contributed by atoms with Crippen LogP contribution in [0.1, 0.15) is 37.7 Å². The molecule has 0 amide bonds. The molecule has 1 atom stereocenters. The molecule has 2 rings (SSSR count). The highest BCUT2D eigenvalue weighted by Gasteiger charge is 2.12. The second kappa shape index (κ2) is 7.61. The number of hydrogen-bond acceptors (Lipinski definition) is 3. The van der Waals surface area contributed by atoms with Gasteiger partial charge in [-0.05, 0) is 32.0 Å². The highest BCUT2D eigenvalue weighted by atomic mass is 79.9. The maximum Gasteiger partial charge on any atom is 0.146 e. The van der Waals surface area contributed by atoms with E-state index in [0.717, 1.165) is 29.0 Å². The van der Waals surface area contributed by atoms with Gasteiger partial charge in [-0.15, -0.1) is 0 Å². The summed E-state index contributed by atoms with van der Waals surface area (Å²) in [4.78, 5) is 4.29. The molecular formula is C16H22BrN3O. The summed E-state index contributed by atoms with van der Waals surface area (Å²) < 4.78 is 8.98. The van der Waals surface area contributed by atoms with Crippen molar-refractivity contribution in [1.82, 2.24) is 14.9 Å². The lowest BCUT2D eigenvalue weighted by Crippen LogP contribution is -2.20. The number of nitrogens with one attached hydrogen (secondary N) is 1. The largest absolute Gasteiger partial charge is 0.485 e. The predicted molar refractivity (Wildman–Crippen MR) is 88.4 cm³/mol. The van der Waals surface area contributed by atoms with Crippen molar-refractivity contribution in [1.29, 1.82) is 0 Å². The normalized spacial score (nSPS) is 12.4. The second-order valence-corrected chi connectivity index (χ2v) is 6.02. The fourth-order valence-electron chi connectivity index (χ4n) is 2.14. The van der Waals surface area contributed by atoms with Crippen molar-refractivity contribution >= 4 is 15.9 Å². The molecule has 0 fully saturated rings. The van der Waals surface area contributed by atoms with Crippen molar-refractivity contribution in [2.75, 3.05) is 6.54 Å². The summed E-state index contributed by atoms with van der Waals surface area (Å²) in [6, 6.07) is 6.43. The predicted octanol–water partition coefficient (Wildman–Crippen LogP) is 3.82. The Morgan fingerprint density at radius 3 is 2.90 bits per heavy atom. The van der Waals surface area contributed by atoms with Crippen LogP contribution in [0.4, 0.5) is 0 Å². The molecule has 0 aliphatic carbocycles. The molecular weight excluding hydrogens is 330 g/mol. The first kappa shape index (κ1) is 16.0. The van der Waals surface area contributed by atoms with E-state index >= 15 is 0 Å². The lowest BCUT2D eigenvalue weighted by atomic mass is 10.1. The summed E-state index contributed by atoms with van der Waals surface area (Å²) >= 11 is 3.51. The number of ether oxygens (including phenoxy) is 1. The van der Waals surface area contributed by atoms with Crippen LogP contribution in [0, 0.1) is 0 Å². The Bertz CT molecular complexity index is 583. The molecule has 0 bridgehead atoms. The first-order valence-electron chi connectivity index (χ1n) is 7.23. The number of halogens is 1. The third-order valence-electron chi connectivity index (χ3n) is 3.42. The van der Waals surface area contributed by atoms with Gasteiger partial charge < -0.3 is 14.6 Å². The average molecular weight is 352 g/mol. The van der Waals surface area contributed by atoms with E-state index < -0.39 is 0 Å². The lowest BCUT2D eigenvalue weighted by molar-refractivity contribution is 0.286. The lowest BCUT2D eigenvalue weighted by Gasteiger charge is -2.18. The van der Waals surface area contributed by atoms with Gasteiger partial charge in [0.15, 0.2) is 0 Å². The number of benzene rings is 1. The number of nitrogens with zero attached hydrogens (tertiary/aromatic N) is 2. The third-order valence-corrected chi connectivity index (χ3v) is 3.91. The van der Waals surface area contributed by atoms with Crippen molar-refractivity contribution in [2.24, 2.45) is 7.05 Å². The molecule has 0 spiro atoms. The molecule has 1 heterocycles. The molecule has 0 saturated heterocycles. The Labute approximate surface area is 134 Å². The Morgan fingerprint density at radius 1 is 1.43 bits per heavy atom. The minimum absolute atomic E-state index is 0.259. The number of rotatable bonds is 7. The molecule has 1 aromatic heterocycles. The summed E-state index contributed by atoms with van der Waals surface area (Å²) in [7, 11) is 1.97. The van der Waals surface area contributed by atoms with Gasteiger partial charge in [-0.1, -0.05) is 28.9 Å². The molecule has 1 N–H and O–H groups in total. The Hall–Kier alpha value is -1.33. The van der Waals surface area contributed by atoms with Crippen LogP contribution in [0.5, 0.6) is 5.75 Å². The maximum absolute atomic E-state index is 5.99. The van der Waals surface area contributed by atoms with Crippen molar-refractivity contribution < 1.29 is 4.74 Å². The fraction of sp³-hybridized carbons (Fsp3) is 0.438. The first-order valence-corrected chi connectivity index (χ1v) is 8.03. The van der Waals surface area contributed by atoms with Crippen LogP contribution in [0.3, 0.4) is 0 Å². The van der Waals surface area contributed by atoms with E-state index in [4.69, 9.17) is 4.74 Å². The van der Waals surface area contributed by atoms with E-state index in [2.05, 4.69) is 46.1 Å². The molecule has 1 unspecified atom stereocenters. The van der Waals surface area contributed by atoms with Gasteiger partial charge in [0.1, 0.15) is 18.2 Å². The summed E-state index contributed by atoms with van der Waals surface area (Å²) in [5.74, 6) is 1.80. The molecule has 1 aromatic carbocycles. The summed E-state index contributed by atoms with van der Waals surface area (Å²) in [5, 5.41) is 3.50. The number of aromatic nitrogens is 2. The summed E-state index contributed by atoms with van der Waals surface area (Å²) in [6.45, 7) is 5.79. The average Bonchev–Trinajstić information content (AvgIpc) is 2.88. The number of imidazole rings is 1. The molecule has 5 heteroatoms. The van der Waals surface area contributed by atoms with Gasteiger partial charge in [0.05, 0.1) is 0 Å². The van der Waals surface area contributed by atoms with Crippen LogP contribution in [-0.2, 0) is 13.7 Å². The zero-order chi connectivity index (χ0) is 15.2. The zero-order valence-electron chi connectivity index (χ0n) is 12.8. The first-order chi connectivity index (χ1) is 10.1. The molecule has 21 heavy (non-hydrogen) atoms. The summed E-state index contributed by atoms with van der Waals surface area (Å²) in [6.07, 6.45) is 4.82. The SMILES string of the molecule is CCCNC(C)c1ccc(Br)cc1OCc1nccn1C. The van der Waals surface area contributed by atoms with Crippen LogP contribution in [0.2, 0.25) is 0 Å². The van der Waals surface area contributed by atoms with Crippen molar-refractivity contribution in [2.45, 2.75) is 32.9 Å². The standard InChI is InChI=1S/C16H22BrN3O/c1-4-7-18-12(2)14-6-5-13(17)10-15(14)21-11-16-19-8-9-20(16)3/h5-6,8-10,12,18H,4,7,11H2,1-3H3. The van der Waals surface area contributed by atoms with Crippen LogP contribution < -0.4 is 10.1 Å². The van der Waals surface area contributed by atoms with E-state index in [1.54, 1.807) is 6.20 Å². The minimum Gasteiger partial charge on any atom is -0.485 e. The fourth-order valence-corrected chi connectivity index (χ4v) is 2.48. The van der Waals surface area contributed by atoms with Crippen molar-refractivity contribution in [3.05, 3.63) is 46.5 Å². The van der Waals surface area contributed by atoms with Crippen LogP contribution in [-0.4, -0.2) is 16.1 Å². The van der Waals surface area contributed by atoms with Gasteiger partial charge in [0.25, 0.3) is 0 Å². The zero-order valence-corrected chi connectivity index (χ0v) is 14.4. The topological polar surface area (TPSA) is 39.1 Å². The van der Waals surface area contributed by atoms with Gasteiger partial charge >= 0.3 is 0 Å². The summed E-state index contributed by atoms with van der Waals surface area (Å²) in [5.41, 5.74) is 1.17. The maximum atomic E-state index is 5.99. The van der Waals surface area contributed by atoms with Gasteiger partial charge in [-0.3, -0.25) is 0 Å². The molecule has 0 saturated carbocycles. The van der Waals surface area contributed by atoms with Gasteiger partial charge in [-0.2, -0.15) is 0 Å². The van der Waals surface area contributed by atoms with Gasteiger partial charge in [0, 0.05) is 35.5 Å². The quantitative estimate of drug-likeness (QED) is 0.823. The van der Waals surface area contributed by atoms with Gasteiger partial charge in [-0.25, -0.2) is 4.98 Å². The Kier molecular flexibility index (Phi) is 5.82. The molecule has 2 aromatic rings. The van der Waals surface area contributed by atoms with Crippen LogP contribution in [0.25, 0.3) is 0 Å². The second-order valence-electron chi connectivity index (χ2n) is 5.10. The Balaban J connectivity index is 2.13. The minimum atomic E-state index is 0.259. The highest BCUT2D eigenvalue weighted by Crippen LogP contribution is 2.29. The molecule has 0 radical (unpaired) electrons. The van der Waals surface area contributed by atoms with Crippen LogP contribution in [0.15, 0.2) is 35.1 Å². The molecule has 114 valence electrons.